The Morgan fingerprint density at radius 1 is 1.79 bits per heavy atom. The van der Waals surface area contributed by atoms with Gasteiger partial charge in [0.1, 0.15) is 5.82 Å². The first-order chi connectivity index (χ1) is 6.63. The van der Waals surface area contributed by atoms with Crippen LogP contribution < -0.4 is 11.1 Å². The molecular weight excluding hydrogens is 184 g/mol. The van der Waals surface area contributed by atoms with E-state index in [-0.39, 0.29) is 11.7 Å². The molecule has 0 aliphatic carbocycles. The molecule has 1 unspecified atom stereocenters. The number of nitrogens with zero attached hydrogens (tertiary/aromatic N) is 2. The summed E-state index contributed by atoms with van der Waals surface area (Å²) in [6, 6.07) is 2.77. The van der Waals surface area contributed by atoms with Gasteiger partial charge in [0.2, 0.25) is 0 Å². The summed E-state index contributed by atoms with van der Waals surface area (Å²) < 4.78 is 0. The summed E-state index contributed by atoms with van der Waals surface area (Å²) >= 11 is 0. The van der Waals surface area contributed by atoms with Crippen LogP contribution in [0.1, 0.15) is 6.92 Å². The van der Waals surface area contributed by atoms with Crippen molar-refractivity contribution >= 4 is 11.5 Å². The van der Waals surface area contributed by atoms with Gasteiger partial charge in [0.05, 0.1) is 11.0 Å². The molecular formula is C8H12N4O2. The Labute approximate surface area is 81.3 Å². The molecule has 0 aromatic carbocycles. The zero-order valence-electron chi connectivity index (χ0n) is 7.80. The maximum atomic E-state index is 10.4. The average Bonchev–Trinajstić information content (AvgIpc) is 2.18. The van der Waals surface area contributed by atoms with E-state index in [1.165, 1.54) is 18.3 Å². The Bertz CT molecular complexity index is 329. The van der Waals surface area contributed by atoms with E-state index >= 15 is 0 Å². The molecule has 6 nitrogen and oxygen atoms in total. The van der Waals surface area contributed by atoms with Crippen LogP contribution in [0, 0.1) is 10.1 Å². The molecule has 0 saturated heterocycles. The third-order valence-corrected chi connectivity index (χ3v) is 1.70. The van der Waals surface area contributed by atoms with Gasteiger partial charge in [-0.15, -0.1) is 0 Å². The van der Waals surface area contributed by atoms with E-state index in [2.05, 4.69) is 10.3 Å². The molecule has 0 aliphatic heterocycles. The van der Waals surface area contributed by atoms with Crippen molar-refractivity contribution in [1.29, 1.82) is 0 Å². The van der Waals surface area contributed by atoms with Gasteiger partial charge in [-0.1, -0.05) is 0 Å². The molecule has 76 valence electrons. The highest BCUT2D eigenvalue weighted by Gasteiger charge is 2.07. The minimum atomic E-state index is -0.458. The molecule has 0 amide bonds. The lowest BCUT2D eigenvalue weighted by molar-refractivity contribution is -0.384. The molecule has 6 heteroatoms. The standard InChI is InChI=1S/C8H12N4O2/c1-6(5-9)11-8-4-7(12(13)14)2-3-10-8/h2-4,6H,5,9H2,1H3,(H,10,11). The monoisotopic (exact) mass is 196 g/mol. The normalized spacial score (nSPS) is 12.1. The quantitative estimate of drug-likeness (QED) is 0.547. The van der Waals surface area contributed by atoms with Crippen molar-refractivity contribution < 1.29 is 4.92 Å². The summed E-state index contributed by atoms with van der Waals surface area (Å²) in [4.78, 5) is 13.9. The molecule has 3 N–H and O–H groups in total. The Morgan fingerprint density at radius 3 is 3.07 bits per heavy atom. The number of nitrogens with one attached hydrogen (secondary N) is 1. The zero-order valence-corrected chi connectivity index (χ0v) is 7.80. The predicted molar refractivity (Wildman–Crippen MR) is 53.0 cm³/mol. The third kappa shape index (κ3) is 2.67. The number of aromatic nitrogens is 1. The first-order valence-corrected chi connectivity index (χ1v) is 4.20. The van der Waals surface area contributed by atoms with Gasteiger partial charge in [0, 0.05) is 24.8 Å². The second-order valence-corrected chi connectivity index (χ2v) is 2.94. The van der Waals surface area contributed by atoms with Crippen LogP contribution in [0.2, 0.25) is 0 Å². The van der Waals surface area contributed by atoms with E-state index in [9.17, 15) is 10.1 Å². The Kier molecular flexibility index (Phi) is 3.35. The van der Waals surface area contributed by atoms with E-state index in [0.717, 1.165) is 0 Å². The number of nitrogens with two attached hydrogens (primary N) is 1. The lowest BCUT2D eigenvalue weighted by atomic mass is 10.3. The highest BCUT2D eigenvalue weighted by Crippen LogP contribution is 2.14. The summed E-state index contributed by atoms with van der Waals surface area (Å²) in [5.41, 5.74) is 5.41. The molecule has 1 aromatic heterocycles. The summed E-state index contributed by atoms with van der Waals surface area (Å²) in [6.07, 6.45) is 1.39. The number of pyridine rings is 1. The van der Waals surface area contributed by atoms with Crippen LogP contribution in [-0.4, -0.2) is 22.5 Å². The maximum Gasteiger partial charge on any atom is 0.274 e. The van der Waals surface area contributed by atoms with Crippen LogP contribution in [0.3, 0.4) is 0 Å². The fraction of sp³-hybridized carbons (Fsp3) is 0.375. The molecule has 0 aliphatic rings. The first-order valence-electron chi connectivity index (χ1n) is 4.20. The third-order valence-electron chi connectivity index (χ3n) is 1.70. The van der Waals surface area contributed by atoms with Crippen LogP contribution in [0.4, 0.5) is 11.5 Å². The molecule has 0 spiro atoms. The highest BCUT2D eigenvalue weighted by molar-refractivity contribution is 5.44. The minimum Gasteiger partial charge on any atom is -0.366 e. The van der Waals surface area contributed by atoms with Crippen molar-refractivity contribution in [2.75, 3.05) is 11.9 Å². The lowest BCUT2D eigenvalue weighted by Gasteiger charge is -2.10. The van der Waals surface area contributed by atoms with Gasteiger partial charge >= 0.3 is 0 Å². The fourth-order valence-electron chi connectivity index (χ4n) is 0.923. The van der Waals surface area contributed by atoms with E-state index < -0.39 is 4.92 Å². The van der Waals surface area contributed by atoms with Gasteiger partial charge in [-0.05, 0) is 6.92 Å². The topological polar surface area (TPSA) is 94.1 Å². The largest absolute Gasteiger partial charge is 0.366 e. The molecule has 1 rings (SSSR count). The molecule has 1 aromatic rings. The van der Waals surface area contributed by atoms with Gasteiger partial charge in [-0.3, -0.25) is 10.1 Å². The van der Waals surface area contributed by atoms with E-state index in [4.69, 9.17) is 5.73 Å². The lowest BCUT2D eigenvalue weighted by Crippen LogP contribution is -2.25. The molecule has 0 radical (unpaired) electrons. The number of hydrogen-bond acceptors (Lipinski definition) is 5. The Morgan fingerprint density at radius 2 is 2.50 bits per heavy atom. The van der Waals surface area contributed by atoms with Crippen LogP contribution in [0.15, 0.2) is 18.3 Å². The van der Waals surface area contributed by atoms with Gasteiger partial charge in [-0.25, -0.2) is 4.98 Å². The van der Waals surface area contributed by atoms with Gasteiger partial charge in [0.15, 0.2) is 0 Å². The summed E-state index contributed by atoms with van der Waals surface area (Å²) in [5, 5.41) is 13.4. The SMILES string of the molecule is CC(CN)Nc1cc([N+](=O)[O-])ccn1. The molecule has 0 saturated carbocycles. The van der Waals surface area contributed by atoms with Crippen molar-refractivity contribution in [2.45, 2.75) is 13.0 Å². The predicted octanol–water partition coefficient (Wildman–Crippen LogP) is 0.749. The second kappa shape index (κ2) is 4.52. The molecule has 0 fully saturated rings. The van der Waals surface area contributed by atoms with Crippen molar-refractivity contribution in [1.82, 2.24) is 4.98 Å². The van der Waals surface area contributed by atoms with Crippen molar-refractivity contribution in [2.24, 2.45) is 5.73 Å². The van der Waals surface area contributed by atoms with Gasteiger partial charge in [0.25, 0.3) is 5.69 Å². The van der Waals surface area contributed by atoms with Gasteiger partial charge in [-0.2, -0.15) is 0 Å². The van der Waals surface area contributed by atoms with Gasteiger partial charge < -0.3 is 11.1 Å². The molecule has 0 bridgehead atoms. The Balaban J connectivity index is 2.78. The van der Waals surface area contributed by atoms with Crippen LogP contribution in [0.25, 0.3) is 0 Å². The molecule has 1 heterocycles. The highest BCUT2D eigenvalue weighted by atomic mass is 16.6. The van der Waals surface area contributed by atoms with Crippen molar-refractivity contribution in [3.8, 4) is 0 Å². The number of hydrogen-bond donors (Lipinski definition) is 2. The smallest absolute Gasteiger partial charge is 0.274 e. The van der Waals surface area contributed by atoms with Crippen LogP contribution >= 0.6 is 0 Å². The molecule has 14 heavy (non-hydrogen) atoms. The van der Waals surface area contributed by atoms with E-state index in [1.54, 1.807) is 0 Å². The fourth-order valence-corrected chi connectivity index (χ4v) is 0.923. The van der Waals surface area contributed by atoms with Crippen molar-refractivity contribution in [3.05, 3.63) is 28.4 Å². The summed E-state index contributed by atoms with van der Waals surface area (Å²) in [5.74, 6) is 0.470. The molecule has 1 atom stereocenters. The Hall–Kier alpha value is -1.69. The maximum absolute atomic E-state index is 10.4. The van der Waals surface area contributed by atoms with Crippen LogP contribution in [0.5, 0.6) is 0 Å². The average molecular weight is 196 g/mol. The summed E-state index contributed by atoms with van der Waals surface area (Å²) in [6.45, 7) is 2.32. The van der Waals surface area contributed by atoms with E-state index in [1.807, 2.05) is 6.92 Å². The van der Waals surface area contributed by atoms with Crippen LogP contribution in [-0.2, 0) is 0 Å². The zero-order chi connectivity index (χ0) is 10.6. The number of nitro groups is 1. The first kappa shape index (κ1) is 10.4. The minimum absolute atomic E-state index is 0.0201. The van der Waals surface area contributed by atoms with Crippen molar-refractivity contribution in [3.63, 3.8) is 0 Å². The van der Waals surface area contributed by atoms with E-state index in [0.29, 0.717) is 12.4 Å². The number of anilines is 1. The second-order valence-electron chi connectivity index (χ2n) is 2.94. The summed E-state index contributed by atoms with van der Waals surface area (Å²) in [7, 11) is 0. The number of rotatable bonds is 4.